The van der Waals surface area contributed by atoms with Crippen LogP contribution in [-0.2, 0) is 43.3 Å². The van der Waals surface area contributed by atoms with Crippen LogP contribution in [-0.4, -0.2) is 56.3 Å². The van der Waals surface area contributed by atoms with Crippen molar-refractivity contribution in [1.29, 1.82) is 0 Å². The van der Waals surface area contributed by atoms with Crippen LogP contribution in [0.25, 0.3) is 33.8 Å². The predicted octanol–water partition coefficient (Wildman–Crippen LogP) is 12.3. The number of benzene rings is 3. The summed E-state index contributed by atoms with van der Waals surface area (Å²) in [5.41, 5.74) is 34.7. The van der Waals surface area contributed by atoms with Gasteiger partial charge in [-0.2, -0.15) is 0 Å². The molecule has 3 heterocycles. The molecule has 0 amide bonds. The molecule has 7 N–H and O–H groups in total. The molecule has 3 aromatic carbocycles. The summed E-state index contributed by atoms with van der Waals surface area (Å²) in [6.07, 6.45) is 6.24. The molecule has 6 aromatic rings. The van der Waals surface area contributed by atoms with Crippen LogP contribution in [0.1, 0.15) is 128 Å². The van der Waals surface area contributed by atoms with E-state index in [0.717, 1.165) is 79.8 Å². The van der Waals surface area contributed by atoms with E-state index in [4.69, 9.17) is 22.3 Å². The van der Waals surface area contributed by atoms with Crippen molar-refractivity contribution in [3.05, 3.63) is 123 Å². The van der Waals surface area contributed by atoms with E-state index in [1.807, 2.05) is 94.4 Å². The normalized spacial score (nSPS) is 10.5. The summed E-state index contributed by atoms with van der Waals surface area (Å²) >= 11 is 0. The molecule has 64 heavy (non-hydrogen) atoms. The molecule has 11 heteroatoms. The molecule has 0 saturated carbocycles. The molecule has 0 atom stereocenters. The highest BCUT2D eigenvalue weighted by Crippen LogP contribution is 2.35. The lowest BCUT2D eigenvalue weighted by molar-refractivity contribution is 0.277. The summed E-state index contributed by atoms with van der Waals surface area (Å²) in [7, 11) is 4.25. The van der Waals surface area contributed by atoms with Gasteiger partial charge in [0.1, 0.15) is 0 Å². The standard InChI is InChI=1S/3C13H13N3.C2H6O.4C2H6.CH4O.3CH4/c3*1-8-10-7-6-9-4-2-3-5-11(9)12(10)16-13(14)15-8;1-3-2;5*1-2;;;/h3*2-5H,6-7H2,1H3,(H2,14,15,16);1-2H3;4*1-2H3;2H,1H3;3*1H4. The Hall–Kier alpha value is -5.78. The van der Waals surface area contributed by atoms with Gasteiger partial charge in [0.05, 0.1) is 17.1 Å². The zero-order valence-electron chi connectivity index (χ0n) is 39.4. The van der Waals surface area contributed by atoms with Gasteiger partial charge in [-0.15, -0.1) is 0 Å². The number of aromatic nitrogens is 6. The van der Waals surface area contributed by atoms with Gasteiger partial charge in [0.25, 0.3) is 0 Å². The fourth-order valence-electron chi connectivity index (χ4n) is 7.11. The van der Waals surface area contributed by atoms with Crippen LogP contribution >= 0.6 is 0 Å². The molecule has 0 radical (unpaired) electrons. The van der Waals surface area contributed by atoms with Crippen LogP contribution < -0.4 is 17.2 Å². The molecular formula is C53H85N9O2. The number of aliphatic hydroxyl groups excluding tert-OH is 1. The van der Waals surface area contributed by atoms with Crippen LogP contribution in [0.3, 0.4) is 0 Å². The van der Waals surface area contributed by atoms with Gasteiger partial charge in [-0.3, -0.25) is 0 Å². The van der Waals surface area contributed by atoms with E-state index in [2.05, 4.69) is 89.2 Å². The number of methoxy groups -OCH3 is 1. The van der Waals surface area contributed by atoms with Crippen molar-refractivity contribution in [1.82, 2.24) is 29.9 Å². The number of hydrogen-bond acceptors (Lipinski definition) is 11. The van der Waals surface area contributed by atoms with Crippen LogP contribution in [0, 0.1) is 20.8 Å². The second-order valence-electron chi connectivity index (χ2n) is 12.9. The average Bonchev–Trinajstić information content (AvgIpc) is 3.30. The monoisotopic (exact) mass is 880 g/mol. The van der Waals surface area contributed by atoms with E-state index in [1.165, 1.54) is 50.1 Å². The maximum atomic E-state index is 7.00. The summed E-state index contributed by atoms with van der Waals surface area (Å²) in [6.45, 7) is 22.0. The number of aryl methyl sites for hydroxylation is 6. The molecule has 0 bridgehead atoms. The largest absolute Gasteiger partial charge is 0.400 e. The first-order valence-electron chi connectivity index (χ1n) is 21.7. The summed E-state index contributed by atoms with van der Waals surface area (Å²) in [5, 5.41) is 7.00. The number of hydrogen-bond donors (Lipinski definition) is 4. The van der Waals surface area contributed by atoms with Crippen molar-refractivity contribution in [3.8, 4) is 33.8 Å². The van der Waals surface area contributed by atoms with Crippen molar-refractivity contribution in [2.24, 2.45) is 0 Å². The van der Waals surface area contributed by atoms with Gasteiger partial charge >= 0.3 is 0 Å². The topological polar surface area (TPSA) is 185 Å². The summed E-state index contributed by atoms with van der Waals surface area (Å²) in [4.78, 5) is 25.8. The van der Waals surface area contributed by atoms with Gasteiger partial charge in [-0.05, 0) is 76.0 Å². The van der Waals surface area contributed by atoms with E-state index < -0.39 is 0 Å². The lowest BCUT2D eigenvalue weighted by Crippen LogP contribution is -2.11. The van der Waals surface area contributed by atoms with Gasteiger partial charge in [0.2, 0.25) is 17.8 Å². The summed E-state index contributed by atoms with van der Waals surface area (Å²) < 4.78 is 4.25. The van der Waals surface area contributed by atoms with Crippen molar-refractivity contribution >= 4 is 17.8 Å². The molecule has 3 aromatic heterocycles. The number of aliphatic hydroxyl groups is 1. The molecule has 0 spiro atoms. The highest BCUT2D eigenvalue weighted by Gasteiger charge is 2.22. The lowest BCUT2D eigenvalue weighted by atomic mass is 9.88. The summed E-state index contributed by atoms with van der Waals surface area (Å²) in [6, 6.07) is 25.1. The lowest BCUT2D eigenvalue weighted by Gasteiger charge is -2.20. The van der Waals surface area contributed by atoms with E-state index in [-0.39, 0.29) is 22.3 Å². The number of anilines is 3. The summed E-state index contributed by atoms with van der Waals surface area (Å²) in [5.74, 6) is 1.11. The number of rotatable bonds is 0. The van der Waals surface area contributed by atoms with Crippen LogP contribution in [0.4, 0.5) is 17.8 Å². The quantitative estimate of drug-likeness (QED) is 0.114. The first-order chi connectivity index (χ1) is 29.7. The van der Waals surface area contributed by atoms with Crippen molar-refractivity contribution < 1.29 is 9.84 Å². The molecule has 11 nitrogen and oxygen atoms in total. The smallest absolute Gasteiger partial charge is 0.220 e. The van der Waals surface area contributed by atoms with E-state index in [9.17, 15) is 0 Å². The van der Waals surface area contributed by atoms with Gasteiger partial charge < -0.3 is 27.0 Å². The third kappa shape index (κ3) is 16.4. The second-order valence-corrected chi connectivity index (χ2v) is 12.9. The first kappa shape index (κ1) is 62.5. The molecule has 9 rings (SSSR count). The molecule has 0 unspecified atom stereocenters. The highest BCUT2D eigenvalue weighted by atomic mass is 16.4. The Labute approximate surface area is 388 Å². The van der Waals surface area contributed by atoms with Crippen molar-refractivity contribution in [3.63, 3.8) is 0 Å². The number of nitrogen functional groups attached to an aromatic ring is 3. The third-order valence-electron chi connectivity index (χ3n) is 9.44. The number of nitrogens with two attached hydrogens (primary N) is 3. The highest BCUT2D eigenvalue weighted by molar-refractivity contribution is 5.73. The second kappa shape index (κ2) is 33.7. The predicted molar refractivity (Wildman–Crippen MR) is 279 cm³/mol. The molecular weight excluding hydrogens is 795 g/mol. The van der Waals surface area contributed by atoms with Gasteiger partial charge in [-0.25, -0.2) is 29.9 Å². The Balaban J connectivity index is -0.000000755. The Morgan fingerprint density at radius 3 is 0.812 bits per heavy atom. The Bertz CT molecular complexity index is 1960. The van der Waals surface area contributed by atoms with E-state index in [1.54, 1.807) is 14.2 Å². The maximum Gasteiger partial charge on any atom is 0.220 e. The van der Waals surface area contributed by atoms with Crippen LogP contribution in [0.15, 0.2) is 72.8 Å². The minimum Gasteiger partial charge on any atom is -0.400 e. The number of ether oxygens (including phenoxy) is 1. The zero-order chi connectivity index (χ0) is 46.1. The SMILES string of the molecule is C.C.C.CC.CC.CC.CC.CO.COC.Cc1nc(N)nc2c1CCc1ccccc1-2.Cc1nc(N)nc2c1CCc1ccccc1-2.Cc1nc(N)nc2c1CCc1ccccc1-2. The van der Waals surface area contributed by atoms with Crippen LogP contribution in [0.2, 0.25) is 0 Å². The van der Waals surface area contributed by atoms with Gasteiger partial charge in [0, 0.05) is 71.8 Å². The number of fused-ring (bicyclic) bond motifs is 9. The van der Waals surface area contributed by atoms with E-state index >= 15 is 0 Å². The fraction of sp³-hybridized carbons (Fsp3) is 0.434. The molecule has 3 aliphatic carbocycles. The number of nitrogens with zero attached hydrogens (tertiary/aromatic N) is 6. The minimum absolute atomic E-state index is 0. The van der Waals surface area contributed by atoms with E-state index in [0.29, 0.717) is 17.8 Å². The molecule has 354 valence electrons. The fourth-order valence-corrected chi connectivity index (χ4v) is 7.11. The van der Waals surface area contributed by atoms with Gasteiger partial charge in [-0.1, -0.05) is 150 Å². The zero-order valence-corrected chi connectivity index (χ0v) is 39.4. The average molecular weight is 880 g/mol. The Morgan fingerprint density at radius 1 is 0.391 bits per heavy atom. The molecule has 0 fully saturated rings. The van der Waals surface area contributed by atoms with Crippen molar-refractivity contribution in [2.45, 2.75) is 137 Å². The maximum absolute atomic E-state index is 7.00. The molecule has 0 saturated heterocycles. The van der Waals surface area contributed by atoms with Crippen LogP contribution in [0.5, 0.6) is 0 Å². The van der Waals surface area contributed by atoms with Crippen molar-refractivity contribution in [2.75, 3.05) is 38.5 Å². The van der Waals surface area contributed by atoms with Gasteiger partial charge in [0.15, 0.2) is 0 Å². The third-order valence-corrected chi connectivity index (χ3v) is 9.44. The molecule has 3 aliphatic rings. The Kier molecular flexibility index (Phi) is 33.0. The first-order valence-corrected chi connectivity index (χ1v) is 21.7. The minimum atomic E-state index is 0. The molecule has 0 aliphatic heterocycles. The Morgan fingerprint density at radius 2 is 0.594 bits per heavy atom.